The van der Waals surface area contributed by atoms with E-state index in [4.69, 9.17) is 12.2 Å². The third kappa shape index (κ3) is 3.13. The fourth-order valence-electron chi connectivity index (χ4n) is 4.55. The van der Waals surface area contributed by atoms with E-state index in [9.17, 15) is 9.59 Å². The van der Waals surface area contributed by atoms with Gasteiger partial charge in [-0.15, -0.1) is 0 Å². The molecule has 3 aliphatic heterocycles. The maximum absolute atomic E-state index is 13.2. The molecule has 1 N–H and O–H groups in total. The third-order valence-electron chi connectivity index (χ3n) is 5.78. The molecule has 6 heteroatoms. The molecule has 2 amide bonds. The molecule has 0 spiro atoms. The van der Waals surface area contributed by atoms with Gasteiger partial charge in [-0.1, -0.05) is 18.2 Å². The SMILES string of the molecule is O=C1NC(=S)N(c2ccccc2)C(=O)/C1=C/c1cc2c3c(c1)CCCN3CCC2. The Morgan fingerprint density at radius 3 is 2.28 bits per heavy atom. The Morgan fingerprint density at radius 1 is 0.966 bits per heavy atom. The second kappa shape index (κ2) is 7.12. The predicted molar refractivity (Wildman–Crippen MR) is 118 cm³/mol. The van der Waals surface area contributed by atoms with Gasteiger partial charge in [-0.05, 0) is 84.9 Å². The van der Waals surface area contributed by atoms with Crippen LogP contribution in [0.3, 0.4) is 0 Å². The number of anilines is 2. The number of nitrogens with one attached hydrogen (secondary N) is 1. The maximum atomic E-state index is 13.2. The molecule has 2 aromatic rings. The second-order valence-corrected chi connectivity index (χ2v) is 8.06. The zero-order valence-electron chi connectivity index (χ0n) is 16.0. The van der Waals surface area contributed by atoms with E-state index in [1.807, 2.05) is 18.2 Å². The lowest BCUT2D eigenvalue weighted by Gasteiger charge is -2.37. The van der Waals surface area contributed by atoms with Crippen LogP contribution in [-0.2, 0) is 22.4 Å². The Balaban J connectivity index is 1.55. The number of para-hydroxylation sites is 1. The minimum absolute atomic E-state index is 0.109. The van der Waals surface area contributed by atoms with Crippen molar-refractivity contribution in [3.8, 4) is 0 Å². The quantitative estimate of drug-likeness (QED) is 0.475. The van der Waals surface area contributed by atoms with Crippen molar-refractivity contribution in [3.05, 3.63) is 64.7 Å². The highest BCUT2D eigenvalue weighted by molar-refractivity contribution is 7.80. The van der Waals surface area contributed by atoms with Gasteiger partial charge >= 0.3 is 0 Å². The molecule has 0 aromatic heterocycles. The Hall–Kier alpha value is -2.99. The van der Waals surface area contributed by atoms with Gasteiger partial charge < -0.3 is 4.90 Å². The molecule has 5 nitrogen and oxygen atoms in total. The van der Waals surface area contributed by atoms with E-state index in [1.54, 1.807) is 18.2 Å². The Morgan fingerprint density at radius 2 is 1.62 bits per heavy atom. The number of benzene rings is 2. The lowest BCUT2D eigenvalue weighted by Crippen LogP contribution is -2.54. The minimum atomic E-state index is -0.444. The van der Waals surface area contributed by atoms with E-state index in [-0.39, 0.29) is 10.7 Å². The summed E-state index contributed by atoms with van der Waals surface area (Å²) in [5.41, 5.74) is 5.67. The summed E-state index contributed by atoms with van der Waals surface area (Å²) < 4.78 is 0. The number of amides is 2. The maximum Gasteiger partial charge on any atom is 0.270 e. The van der Waals surface area contributed by atoms with Crippen LogP contribution in [0.4, 0.5) is 11.4 Å². The molecular weight excluding hydrogens is 382 g/mol. The van der Waals surface area contributed by atoms with Crippen LogP contribution in [0.25, 0.3) is 6.08 Å². The summed E-state index contributed by atoms with van der Waals surface area (Å²) in [6.07, 6.45) is 6.07. The van der Waals surface area contributed by atoms with Crippen LogP contribution in [0, 0.1) is 0 Å². The van der Waals surface area contributed by atoms with Crippen LogP contribution in [0.15, 0.2) is 48.0 Å². The molecule has 3 aliphatic rings. The number of hydrogen-bond donors (Lipinski definition) is 1. The highest BCUT2D eigenvalue weighted by Crippen LogP contribution is 2.36. The molecule has 29 heavy (non-hydrogen) atoms. The zero-order chi connectivity index (χ0) is 20.0. The fraction of sp³-hybridized carbons (Fsp3) is 0.261. The third-order valence-corrected chi connectivity index (χ3v) is 6.07. The minimum Gasteiger partial charge on any atom is -0.371 e. The van der Waals surface area contributed by atoms with Crippen LogP contribution in [0.1, 0.15) is 29.5 Å². The van der Waals surface area contributed by atoms with Gasteiger partial charge in [-0.2, -0.15) is 0 Å². The summed E-state index contributed by atoms with van der Waals surface area (Å²) in [5, 5.41) is 2.77. The molecule has 0 radical (unpaired) electrons. The molecular formula is C23H21N3O2S. The Labute approximate surface area is 175 Å². The molecule has 0 aliphatic carbocycles. The van der Waals surface area contributed by atoms with Gasteiger partial charge in [0, 0.05) is 18.8 Å². The van der Waals surface area contributed by atoms with Gasteiger partial charge in [-0.25, -0.2) is 0 Å². The molecule has 0 bridgehead atoms. The molecule has 5 rings (SSSR count). The zero-order valence-corrected chi connectivity index (χ0v) is 16.8. The van der Waals surface area contributed by atoms with Crippen molar-refractivity contribution in [3.63, 3.8) is 0 Å². The molecule has 1 saturated heterocycles. The van der Waals surface area contributed by atoms with E-state index < -0.39 is 11.8 Å². The number of hydrogen-bond acceptors (Lipinski definition) is 4. The summed E-state index contributed by atoms with van der Waals surface area (Å²) >= 11 is 5.26. The molecule has 146 valence electrons. The summed E-state index contributed by atoms with van der Waals surface area (Å²) in [4.78, 5) is 29.6. The number of carbonyl (C=O) groups is 2. The van der Waals surface area contributed by atoms with Crippen molar-refractivity contribution < 1.29 is 9.59 Å². The Kier molecular flexibility index (Phi) is 4.43. The van der Waals surface area contributed by atoms with E-state index in [1.165, 1.54) is 21.7 Å². The molecule has 0 atom stereocenters. The van der Waals surface area contributed by atoms with Gasteiger partial charge in [0.15, 0.2) is 5.11 Å². The van der Waals surface area contributed by atoms with Gasteiger partial charge in [0.25, 0.3) is 11.8 Å². The number of nitrogens with zero attached hydrogens (tertiary/aromatic N) is 2. The highest BCUT2D eigenvalue weighted by atomic mass is 32.1. The van der Waals surface area contributed by atoms with Gasteiger partial charge in [0.2, 0.25) is 0 Å². The normalized spacial score (nSPS) is 20.0. The molecule has 0 unspecified atom stereocenters. The number of aryl methyl sites for hydroxylation is 2. The van der Waals surface area contributed by atoms with Crippen LogP contribution in [0.5, 0.6) is 0 Å². The van der Waals surface area contributed by atoms with Crippen molar-refractivity contribution in [2.75, 3.05) is 22.9 Å². The standard InChI is InChI=1S/C23H21N3O2S/c27-21-19(22(28)26(23(29)24-21)18-8-2-1-3-9-18)14-15-12-16-6-4-10-25-11-5-7-17(13-15)20(16)25/h1-3,8-9,12-14H,4-7,10-11H2,(H,24,27,29)/b19-14+. The lowest BCUT2D eigenvalue weighted by atomic mass is 9.89. The van der Waals surface area contributed by atoms with E-state index in [0.717, 1.165) is 44.3 Å². The van der Waals surface area contributed by atoms with Crippen molar-refractivity contribution in [2.24, 2.45) is 0 Å². The molecule has 1 fully saturated rings. The Bertz CT molecular complexity index is 1030. The first-order valence-electron chi connectivity index (χ1n) is 9.99. The summed E-state index contributed by atoms with van der Waals surface area (Å²) in [5.74, 6) is -0.835. The van der Waals surface area contributed by atoms with Crippen molar-refractivity contribution in [1.82, 2.24) is 5.32 Å². The summed E-state index contributed by atoms with van der Waals surface area (Å²) in [7, 11) is 0. The van der Waals surface area contributed by atoms with Gasteiger partial charge in [-0.3, -0.25) is 19.8 Å². The van der Waals surface area contributed by atoms with Crippen LogP contribution >= 0.6 is 12.2 Å². The number of thiocarbonyl (C=S) groups is 1. The average molecular weight is 404 g/mol. The van der Waals surface area contributed by atoms with Gasteiger partial charge in [0.1, 0.15) is 5.57 Å². The van der Waals surface area contributed by atoms with Crippen molar-refractivity contribution in [1.29, 1.82) is 0 Å². The molecule has 2 aromatic carbocycles. The van der Waals surface area contributed by atoms with Gasteiger partial charge in [0.05, 0.1) is 5.69 Å². The molecule has 0 saturated carbocycles. The van der Waals surface area contributed by atoms with Crippen molar-refractivity contribution >= 4 is 46.6 Å². The van der Waals surface area contributed by atoms with E-state index in [0.29, 0.717) is 5.69 Å². The smallest absolute Gasteiger partial charge is 0.270 e. The fourth-order valence-corrected chi connectivity index (χ4v) is 4.83. The van der Waals surface area contributed by atoms with Crippen LogP contribution in [-0.4, -0.2) is 30.0 Å². The first-order chi connectivity index (χ1) is 14.1. The summed E-state index contributed by atoms with van der Waals surface area (Å²) in [6, 6.07) is 13.4. The predicted octanol–water partition coefficient (Wildman–Crippen LogP) is 3.22. The van der Waals surface area contributed by atoms with Crippen molar-refractivity contribution in [2.45, 2.75) is 25.7 Å². The molecule has 3 heterocycles. The number of rotatable bonds is 2. The highest BCUT2D eigenvalue weighted by Gasteiger charge is 2.34. The summed E-state index contributed by atoms with van der Waals surface area (Å²) in [6.45, 7) is 2.23. The topological polar surface area (TPSA) is 52.7 Å². The van der Waals surface area contributed by atoms with E-state index in [2.05, 4.69) is 22.3 Å². The largest absolute Gasteiger partial charge is 0.371 e. The first kappa shape index (κ1) is 18.1. The average Bonchev–Trinajstić information content (AvgIpc) is 2.72. The van der Waals surface area contributed by atoms with Crippen LogP contribution < -0.4 is 15.1 Å². The van der Waals surface area contributed by atoms with E-state index >= 15 is 0 Å². The lowest BCUT2D eigenvalue weighted by molar-refractivity contribution is -0.122. The number of carbonyl (C=O) groups excluding carboxylic acids is 2. The second-order valence-electron chi connectivity index (χ2n) is 7.68. The van der Waals surface area contributed by atoms with Crippen LogP contribution in [0.2, 0.25) is 0 Å². The first-order valence-corrected chi connectivity index (χ1v) is 10.4. The monoisotopic (exact) mass is 403 g/mol.